The summed E-state index contributed by atoms with van der Waals surface area (Å²) < 4.78 is 7.23. The van der Waals surface area contributed by atoms with Crippen molar-refractivity contribution in [1.82, 2.24) is 4.57 Å². The van der Waals surface area contributed by atoms with E-state index in [2.05, 4.69) is 12.1 Å². The molecule has 0 fully saturated rings. The van der Waals surface area contributed by atoms with E-state index < -0.39 is 0 Å². The predicted octanol–water partition coefficient (Wildman–Crippen LogP) is 3.75. The summed E-state index contributed by atoms with van der Waals surface area (Å²) >= 11 is 0. The lowest BCUT2D eigenvalue weighted by Gasteiger charge is -2.07. The summed E-state index contributed by atoms with van der Waals surface area (Å²) in [5.41, 5.74) is 2.14. The maximum absolute atomic E-state index is 11.9. The van der Waals surface area contributed by atoms with Gasteiger partial charge in [-0.15, -0.1) is 0 Å². The maximum atomic E-state index is 11.9. The lowest BCUT2D eigenvalue weighted by Crippen LogP contribution is -2.13. The van der Waals surface area contributed by atoms with Crippen molar-refractivity contribution < 1.29 is 9.53 Å². The van der Waals surface area contributed by atoms with Crippen LogP contribution in [0.1, 0.15) is 13.3 Å². The molecule has 3 nitrogen and oxygen atoms in total. The molecule has 0 aliphatic rings. The Labute approximate surface area is 117 Å². The topological polar surface area (TPSA) is 31.2 Å². The van der Waals surface area contributed by atoms with Crippen LogP contribution < -0.4 is 0 Å². The number of para-hydroxylation sites is 2. The van der Waals surface area contributed by atoms with E-state index in [0.717, 1.165) is 17.5 Å². The summed E-state index contributed by atoms with van der Waals surface area (Å²) in [5.74, 6) is -0.182. The predicted molar refractivity (Wildman–Crippen MR) is 80.7 cm³/mol. The zero-order valence-corrected chi connectivity index (χ0v) is 11.5. The highest BCUT2D eigenvalue weighted by Crippen LogP contribution is 2.28. The summed E-state index contributed by atoms with van der Waals surface area (Å²) in [6.45, 7) is 2.73. The molecule has 0 aliphatic carbocycles. The molecular formula is C17H17NO2. The molecule has 0 N–H and O–H groups in total. The summed E-state index contributed by atoms with van der Waals surface area (Å²) in [7, 11) is 0. The standard InChI is InChI=1S/C17H17NO2/c1-2-11-20-17(19)12-18-15-9-5-3-7-13(15)14-8-4-6-10-16(14)18/h3-10H,2,11-12H2,1H3. The molecule has 0 amide bonds. The second-order valence-electron chi connectivity index (χ2n) is 4.84. The third-order valence-corrected chi connectivity index (χ3v) is 3.43. The molecule has 0 unspecified atom stereocenters. The molecule has 3 rings (SSSR count). The maximum Gasteiger partial charge on any atom is 0.325 e. The SMILES string of the molecule is CCCOC(=O)Cn1c2ccccc2c2ccccc21. The van der Waals surface area contributed by atoms with Crippen LogP contribution in [0, 0.1) is 0 Å². The van der Waals surface area contributed by atoms with Crippen LogP contribution in [0.3, 0.4) is 0 Å². The van der Waals surface area contributed by atoms with Crippen LogP contribution in [0.5, 0.6) is 0 Å². The van der Waals surface area contributed by atoms with Crippen molar-refractivity contribution in [1.29, 1.82) is 0 Å². The first-order chi connectivity index (χ1) is 9.81. The average molecular weight is 267 g/mol. The van der Waals surface area contributed by atoms with Crippen LogP contribution in [0.2, 0.25) is 0 Å². The first-order valence-corrected chi connectivity index (χ1v) is 6.93. The Bertz CT molecular complexity index is 705. The molecule has 102 valence electrons. The van der Waals surface area contributed by atoms with Crippen molar-refractivity contribution in [2.45, 2.75) is 19.9 Å². The fraction of sp³-hybridized carbons (Fsp3) is 0.235. The van der Waals surface area contributed by atoms with Crippen LogP contribution in [0.25, 0.3) is 21.8 Å². The summed E-state index contributed by atoms with van der Waals surface area (Å²) in [5, 5.41) is 2.35. The molecule has 0 spiro atoms. The molecule has 0 atom stereocenters. The smallest absolute Gasteiger partial charge is 0.325 e. The highest BCUT2D eigenvalue weighted by Gasteiger charge is 2.12. The molecule has 3 heteroatoms. The number of hydrogen-bond acceptors (Lipinski definition) is 2. The van der Waals surface area contributed by atoms with Crippen molar-refractivity contribution in [3.05, 3.63) is 48.5 Å². The Hall–Kier alpha value is -2.29. The molecule has 0 saturated heterocycles. The van der Waals surface area contributed by atoms with Gasteiger partial charge >= 0.3 is 5.97 Å². The Morgan fingerprint density at radius 3 is 2.10 bits per heavy atom. The van der Waals surface area contributed by atoms with Crippen LogP contribution in [-0.4, -0.2) is 17.1 Å². The van der Waals surface area contributed by atoms with E-state index in [1.54, 1.807) is 0 Å². The highest BCUT2D eigenvalue weighted by molar-refractivity contribution is 6.08. The van der Waals surface area contributed by atoms with Gasteiger partial charge in [0.2, 0.25) is 0 Å². The summed E-state index contributed by atoms with van der Waals surface area (Å²) in [4.78, 5) is 11.9. The van der Waals surface area contributed by atoms with Crippen molar-refractivity contribution in [2.24, 2.45) is 0 Å². The number of ether oxygens (including phenoxy) is 1. The molecule has 1 aromatic heterocycles. The number of nitrogens with zero attached hydrogens (tertiary/aromatic N) is 1. The van der Waals surface area contributed by atoms with Crippen molar-refractivity contribution in [3.63, 3.8) is 0 Å². The van der Waals surface area contributed by atoms with Crippen LogP contribution >= 0.6 is 0 Å². The molecule has 1 heterocycles. The second-order valence-corrected chi connectivity index (χ2v) is 4.84. The van der Waals surface area contributed by atoms with E-state index in [4.69, 9.17) is 4.74 Å². The molecule has 0 bridgehead atoms. The molecule has 0 saturated carbocycles. The minimum Gasteiger partial charge on any atom is -0.464 e. The third-order valence-electron chi connectivity index (χ3n) is 3.43. The Morgan fingerprint density at radius 2 is 1.55 bits per heavy atom. The van der Waals surface area contributed by atoms with Crippen molar-refractivity contribution in [2.75, 3.05) is 6.61 Å². The van der Waals surface area contributed by atoms with E-state index in [1.807, 2.05) is 47.9 Å². The Balaban J connectivity index is 2.09. The minimum atomic E-state index is -0.182. The molecule has 0 aliphatic heterocycles. The fourth-order valence-corrected chi connectivity index (χ4v) is 2.56. The first kappa shape index (κ1) is 12.7. The minimum absolute atomic E-state index is 0.182. The normalized spacial score (nSPS) is 11.1. The molecule has 3 aromatic rings. The lowest BCUT2D eigenvalue weighted by atomic mass is 10.2. The lowest BCUT2D eigenvalue weighted by molar-refractivity contribution is -0.144. The average Bonchev–Trinajstić information content (AvgIpc) is 2.80. The van der Waals surface area contributed by atoms with Gasteiger partial charge in [0.25, 0.3) is 0 Å². The quantitative estimate of drug-likeness (QED) is 0.674. The molecule has 20 heavy (non-hydrogen) atoms. The Kier molecular flexibility index (Phi) is 3.42. The number of benzene rings is 2. The van der Waals surface area contributed by atoms with Crippen molar-refractivity contribution >= 4 is 27.8 Å². The number of carbonyl (C=O) groups is 1. The van der Waals surface area contributed by atoms with E-state index in [1.165, 1.54) is 10.8 Å². The van der Waals surface area contributed by atoms with Gasteiger partial charge in [0.15, 0.2) is 0 Å². The third kappa shape index (κ3) is 2.16. The first-order valence-electron chi connectivity index (χ1n) is 6.93. The number of rotatable bonds is 4. The number of carbonyl (C=O) groups excluding carboxylic acids is 1. The zero-order chi connectivity index (χ0) is 13.9. The van der Waals surface area contributed by atoms with Gasteiger partial charge in [-0.2, -0.15) is 0 Å². The number of fused-ring (bicyclic) bond motifs is 3. The van der Waals surface area contributed by atoms with E-state index in [0.29, 0.717) is 6.61 Å². The van der Waals surface area contributed by atoms with Crippen LogP contribution in [-0.2, 0) is 16.1 Å². The largest absolute Gasteiger partial charge is 0.464 e. The van der Waals surface area contributed by atoms with Gasteiger partial charge < -0.3 is 9.30 Å². The van der Waals surface area contributed by atoms with Gasteiger partial charge in [-0.25, -0.2) is 0 Å². The fourth-order valence-electron chi connectivity index (χ4n) is 2.56. The van der Waals surface area contributed by atoms with Gasteiger partial charge in [0.1, 0.15) is 6.54 Å². The van der Waals surface area contributed by atoms with Gasteiger partial charge in [-0.05, 0) is 18.6 Å². The molecule has 2 aromatic carbocycles. The Morgan fingerprint density at radius 1 is 1.00 bits per heavy atom. The van der Waals surface area contributed by atoms with E-state index in [-0.39, 0.29) is 12.5 Å². The van der Waals surface area contributed by atoms with Gasteiger partial charge in [-0.1, -0.05) is 43.3 Å². The van der Waals surface area contributed by atoms with Gasteiger partial charge in [-0.3, -0.25) is 4.79 Å². The van der Waals surface area contributed by atoms with Gasteiger partial charge in [0.05, 0.1) is 6.61 Å². The number of hydrogen-bond donors (Lipinski definition) is 0. The van der Waals surface area contributed by atoms with Crippen molar-refractivity contribution in [3.8, 4) is 0 Å². The number of esters is 1. The number of aromatic nitrogens is 1. The monoisotopic (exact) mass is 267 g/mol. The molecule has 0 radical (unpaired) electrons. The van der Waals surface area contributed by atoms with E-state index >= 15 is 0 Å². The summed E-state index contributed by atoms with van der Waals surface area (Å²) in [6, 6.07) is 16.3. The second kappa shape index (κ2) is 5.37. The zero-order valence-electron chi connectivity index (χ0n) is 11.5. The summed E-state index contributed by atoms with van der Waals surface area (Å²) in [6.07, 6.45) is 0.846. The highest BCUT2D eigenvalue weighted by atomic mass is 16.5. The molecular weight excluding hydrogens is 250 g/mol. The van der Waals surface area contributed by atoms with Crippen LogP contribution in [0.15, 0.2) is 48.5 Å². The van der Waals surface area contributed by atoms with Gasteiger partial charge in [0, 0.05) is 21.8 Å². The van der Waals surface area contributed by atoms with Crippen LogP contribution in [0.4, 0.5) is 0 Å². The van der Waals surface area contributed by atoms with E-state index in [9.17, 15) is 4.79 Å².